The van der Waals surface area contributed by atoms with Gasteiger partial charge in [0.15, 0.2) is 10.3 Å². The summed E-state index contributed by atoms with van der Waals surface area (Å²) in [6.45, 7) is 5.55. The first-order valence-electron chi connectivity index (χ1n) is 6.37. The number of unbranched alkanes of at least 4 members (excludes halogenated alkanes) is 1. The van der Waals surface area contributed by atoms with Gasteiger partial charge in [-0.3, -0.25) is 4.90 Å². The van der Waals surface area contributed by atoms with E-state index in [1.807, 2.05) is 23.2 Å². The number of hydrogen-bond acceptors (Lipinski definition) is 5. The second-order valence-electron chi connectivity index (χ2n) is 4.49. The highest BCUT2D eigenvalue weighted by atomic mass is 32.1. The van der Waals surface area contributed by atoms with E-state index in [-0.39, 0.29) is 0 Å². The van der Waals surface area contributed by atoms with E-state index < -0.39 is 0 Å². The molecular weight excluding hydrogens is 262 g/mol. The maximum atomic E-state index is 4.42. The fourth-order valence-electron chi connectivity index (χ4n) is 1.89. The molecule has 1 atom stereocenters. The first-order valence-corrected chi connectivity index (χ1v) is 8.13. The second-order valence-corrected chi connectivity index (χ2v) is 6.23. The van der Waals surface area contributed by atoms with Crippen molar-refractivity contribution >= 4 is 32.9 Å². The van der Waals surface area contributed by atoms with Crippen LogP contribution in [-0.4, -0.2) is 16.5 Å². The highest BCUT2D eigenvalue weighted by molar-refractivity contribution is 7.15. The monoisotopic (exact) mass is 281 g/mol. The van der Waals surface area contributed by atoms with Crippen molar-refractivity contribution in [2.45, 2.75) is 33.1 Å². The van der Waals surface area contributed by atoms with Crippen molar-refractivity contribution in [3.8, 4) is 0 Å². The van der Waals surface area contributed by atoms with Gasteiger partial charge in [-0.2, -0.15) is 0 Å². The molecule has 5 heteroatoms. The molecule has 1 unspecified atom stereocenters. The third kappa shape index (κ3) is 3.53. The molecule has 18 heavy (non-hydrogen) atoms. The number of anilines is 2. The minimum atomic E-state index is 0.665. The fraction of sp³-hybridized carbons (Fsp3) is 0.538. The minimum absolute atomic E-state index is 0.665. The number of rotatable bonds is 7. The summed E-state index contributed by atoms with van der Waals surface area (Å²) >= 11 is 3.35. The molecule has 2 heterocycles. The van der Waals surface area contributed by atoms with Crippen LogP contribution in [0, 0.1) is 5.92 Å². The molecule has 0 fully saturated rings. The molecule has 98 valence electrons. The topological polar surface area (TPSA) is 29.0 Å². The van der Waals surface area contributed by atoms with E-state index in [4.69, 9.17) is 0 Å². The van der Waals surface area contributed by atoms with E-state index in [0.29, 0.717) is 5.92 Å². The minimum Gasteiger partial charge on any atom is -0.293 e. The molecule has 0 aliphatic rings. The van der Waals surface area contributed by atoms with Crippen molar-refractivity contribution in [3.05, 3.63) is 23.2 Å². The highest BCUT2D eigenvalue weighted by Gasteiger charge is 2.17. The van der Waals surface area contributed by atoms with Gasteiger partial charge in [0.1, 0.15) is 0 Å². The van der Waals surface area contributed by atoms with Crippen LogP contribution in [0.1, 0.15) is 33.1 Å². The van der Waals surface area contributed by atoms with Gasteiger partial charge in [0, 0.05) is 29.7 Å². The zero-order chi connectivity index (χ0) is 12.8. The SMILES string of the molecule is CCCCC(C)CN(c1nccs1)c1nccs1. The predicted molar refractivity (Wildman–Crippen MR) is 79.9 cm³/mol. The molecule has 0 N–H and O–H groups in total. The summed E-state index contributed by atoms with van der Waals surface area (Å²) in [6, 6.07) is 0. The molecule has 3 nitrogen and oxygen atoms in total. The Labute approximate surface area is 117 Å². The van der Waals surface area contributed by atoms with Crippen LogP contribution in [0.15, 0.2) is 23.2 Å². The lowest BCUT2D eigenvalue weighted by Crippen LogP contribution is -2.23. The van der Waals surface area contributed by atoms with Gasteiger partial charge >= 0.3 is 0 Å². The van der Waals surface area contributed by atoms with Gasteiger partial charge < -0.3 is 0 Å². The summed E-state index contributed by atoms with van der Waals surface area (Å²) in [7, 11) is 0. The van der Waals surface area contributed by atoms with E-state index in [9.17, 15) is 0 Å². The highest BCUT2D eigenvalue weighted by Crippen LogP contribution is 2.30. The lowest BCUT2D eigenvalue weighted by Gasteiger charge is -2.22. The Hall–Kier alpha value is -0.940. The van der Waals surface area contributed by atoms with Crippen molar-refractivity contribution in [1.29, 1.82) is 0 Å². The summed E-state index contributed by atoms with van der Waals surface area (Å²) in [5.74, 6) is 0.665. The zero-order valence-electron chi connectivity index (χ0n) is 10.9. The van der Waals surface area contributed by atoms with Crippen molar-refractivity contribution < 1.29 is 0 Å². The summed E-state index contributed by atoms with van der Waals surface area (Å²) in [5, 5.41) is 6.14. The molecule has 0 spiro atoms. The average Bonchev–Trinajstić information content (AvgIpc) is 3.05. The van der Waals surface area contributed by atoms with Crippen molar-refractivity contribution in [1.82, 2.24) is 9.97 Å². The predicted octanol–water partition coefficient (Wildman–Crippen LogP) is 4.56. The Morgan fingerprint density at radius 1 is 1.17 bits per heavy atom. The van der Waals surface area contributed by atoms with Crippen LogP contribution in [0.4, 0.5) is 10.3 Å². The summed E-state index contributed by atoms with van der Waals surface area (Å²) in [6.07, 6.45) is 7.54. The molecular formula is C13H19N3S2. The Morgan fingerprint density at radius 3 is 2.22 bits per heavy atom. The molecule has 0 saturated carbocycles. The van der Waals surface area contributed by atoms with Crippen molar-refractivity contribution in [2.75, 3.05) is 11.4 Å². The Bertz CT molecular complexity index is 391. The number of aromatic nitrogens is 2. The van der Waals surface area contributed by atoms with Crippen LogP contribution in [0.3, 0.4) is 0 Å². The maximum Gasteiger partial charge on any atom is 0.191 e. The van der Waals surface area contributed by atoms with E-state index >= 15 is 0 Å². The molecule has 2 aromatic rings. The Morgan fingerprint density at radius 2 is 1.78 bits per heavy atom. The smallest absolute Gasteiger partial charge is 0.191 e. The zero-order valence-corrected chi connectivity index (χ0v) is 12.5. The van der Waals surface area contributed by atoms with Gasteiger partial charge in [0.25, 0.3) is 0 Å². The molecule has 0 amide bonds. The van der Waals surface area contributed by atoms with Gasteiger partial charge in [-0.1, -0.05) is 26.7 Å². The largest absolute Gasteiger partial charge is 0.293 e. The van der Waals surface area contributed by atoms with Gasteiger partial charge in [-0.25, -0.2) is 9.97 Å². The standard InChI is InChI=1S/C13H19N3S2/c1-3-4-5-11(2)10-16(12-14-6-8-17-12)13-15-7-9-18-13/h6-9,11H,3-5,10H2,1-2H3. The molecule has 0 bridgehead atoms. The molecule has 2 aromatic heterocycles. The number of nitrogens with zero attached hydrogens (tertiary/aromatic N) is 3. The Kier molecular flexibility index (Phi) is 5.13. The molecule has 0 saturated heterocycles. The average molecular weight is 281 g/mol. The van der Waals surface area contributed by atoms with Crippen LogP contribution in [0.2, 0.25) is 0 Å². The fourth-order valence-corrected chi connectivity index (χ4v) is 3.26. The maximum absolute atomic E-state index is 4.42. The normalized spacial score (nSPS) is 12.6. The summed E-state index contributed by atoms with van der Waals surface area (Å²) in [5.41, 5.74) is 0. The van der Waals surface area contributed by atoms with Gasteiger partial charge in [-0.15, -0.1) is 22.7 Å². The first kappa shape index (κ1) is 13.5. The Balaban J connectivity index is 2.07. The third-order valence-corrected chi connectivity index (χ3v) is 4.43. The first-order chi connectivity index (χ1) is 8.81. The molecule has 0 aromatic carbocycles. The lowest BCUT2D eigenvalue weighted by molar-refractivity contribution is 0.511. The van der Waals surface area contributed by atoms with Crippen molar-refractivity contribution in [2.24, 2.45) is 5.92 Å². The van der Waals surface area contributed by atoms with Gasteiger partial charge in [0.05, 0.1) is 0 Å². The van der Waals surface area contributed by atoms with Crippen LogP contribution in [0.25, 0.3) is 0 Å². The molecule has 0 radical (unpaired) electrons. The number of hydrogen-bond donors (Lipinski definition) is 0. The van der Waals surface area contributed by atoms with E-state index in [1.165, 1.54) is 19.3 Å². The molecule has 0 aliphatic heterocycles. The third-order valence-electron chi connectivity index (χ3n) is 2.85. The van der Waals surface area contributed by atoms with Crippen LogP contribution in [0.5, 0.6) is 0 Å². The molecule has 2 rings (SSSR count). The molecule has 0 aliphatic carbocycles. The van der Waals surface area contributed by atoms with E-state index in [0.717, 1.165) is 16.8 Å². The lowest BCUT2D eigenvalue weighted by atomic mass is 10.0. The van der Waals surface area contributed by atoms with Crippen LogP contribution in [-0.2, 0) is 0 Å². The van der Waals surface area contributed by atoms with Crippen molar-refractivity contribution in [3.63, 3.8) is 0 Å². The van der Waals surface area contributed by atoms with E-state index in [2.05, 4.69) is 28.7 Å². The van der Waals surface area contributed by atoms with Gasteiger partial charge in [-0.05, 0) is 12.3 Å². The van der Waals surface area contributed by atoms with E-state index in [1.54, 1.807) is 22.7 Å². The van der Waals surface area contributed by atoms with Crippen LogP contribution < -0.4 is 4.90 Å². The quantitative estimate of drug-likeness (QED) is 0.744. The number of thiazole rings is 2. The summed E-state index contributed by atoms with van der Waals surface area (Å²) < 4.78 is 0. The summed E-state index contributed by atoms with van der Waals surface area (Å²) in [4.78, 5) is 11.1. The van der Waals surface area contributed by atoms with Crippen LogP contribution >= 0.6 is 22.7 Å². The second kappa shape index (κ2) is 6.85. The van der Waals surface area contributed by atoms with Gasteiger partial charge in [0.2, 0.25) is 0 Å².